The Morgan fingerprint density at radius 1 is 0.857 bits per heavy atom. The minimum absolute atomic E-state index is 0.371. The Morgan fingerprint density at radius 2 is 1.52 bits per heavy atom. The van der Waals surface area contributed by atoms with Gasteiger partial charge in [0, 0.05) is 4.47 Å². The van der Waals surface area contributed by atoms with Gasteiger partial charge in [0.2, 0.25) is 9.84 Å². The van der Waals surface area contributed by atoms with Gasteiger partial charge < -0.3 is 0 Å². The van der Waals surface area contributed by atoms with E-state index in [2.05, 4.69) is 15.9 Å². The predicted molar refractivity (Wildman–Crippen MR) is 88.5 cm³/mol. The number of halogens is 1. The van der Waals surface area contributed by atoms with Crippen LogP contribution in [0.5, 0.6) is 0 Å². The van der Waals surface area contributed by atoms with E-state index in [4.69, 9.17) is 0 Å². The van der Waals surface area contributed by atoms with Gasteiger partial charge in [-0.05, 0) is 54.7 Å². The summed E-state index contributed by atoms with van der Waals surface area (Å²) in [6, 6.07) is 16.7. The molecule has 0 fully saturated rings. The first-order chi connectivity index (χ1) is 10.1. The molecule has 2 aromatic carbocycles. The summed E-state index contributed by atoms with van der Waals surface area (Å²) in [5.74, 6) is 0. The van der Waals surface area contributed by atoms with Crippen LogP contribution < -0.4 is 0 Å². The summed E-state index contributed by atoms with van der Waals surface area (Å²) < 4.78 is 26.6. The van der Waals surface area contributed by atoms with E-state index in [-0.39, 0.29) is 0 Å². The average Bonchev–Trinajstić information content (AvgIpc) is 2.99. The van der Waals surface area contributed by atoms with Gasteiger partial charge in [-0.2, -0.15) is 0 Å². The standard InChI is InChI=1S/C17H15BrO2S/c18-14-9-11-15(12-10-14)21(19,20)17-8-4-7-16(17)13-5-2-1-3-6-13/h1-3,5-6,9-12H,4,7-8H2. The summed E-state index contributed by atoms with van der Waals surface area (Å²) in [7, 11) is -3.39. The molecule has 0 N–H and O–H groups in total. The first-order valence-corrected chi connectivity index (χ1v) is 9.15. The Kier molecular flexibility index (Phi) is 4.00. The predicted octanol–water partition coefficient (Wildman–Crippen LogP) is 4.82. The Balaban J connectivity index is 2.11. The highest BCUT2D eigenvalue weighted by atomic mass is 79.9. The zero-order valence-electron chi connectivity index (χ0n) is 11.4. The molecule has 2 nitrogen and oxygen atoms in total. The lowest BCUT2D eigenvalue weighted by molar-refractivity contribution is 0.600. The van der Waals surface area contributed by atoms with Crippen molar-refractivity contribution < 1.29 is 8.42 Å². The van der Waals surface area contributed by atoms with Gasteiger partial charge in [-0.25, -0.2) is 8.42 Å². The molecule has 0 atom stereocenters. The number of hydrogen-bond acceptors (Lipinski definition) is 2. The third kappa shape index (κ3) is 2.83. The maximum Gasteiger partial charge on any atom is 0.203 e. The number of benzene rings is 2. The summed E-state index contributed by atoms with van der Waals surface area (Å²) in [6.45, 7) is 0. The maximum atomic E-state index is 12.9. The van der Waals surface area contributed by atoms with E-state index in [1.165, 1.54) is 0 Å². The van der Waals surface area contributed by atoms with E-state index >= 15 is 0 Å². The molecule has 0 saturated heterocycles. The van der Waals surface area contributed by atoms with Crippen LogP contribution in [-0.2, 0) is 9.84 Å². The molecule has 0 saturated carbocycles. The molecule has 108 valence electrons. The molecule has 21 heavy (non-hydrogen) atoms. The minimum atomic E-state index is -3.39. The van der Waals surface area contributed by atoms with Gasteiger partial charge in [0.15, 0.2) is 0 Å². The minimum Gasteiger partial charge on any atom is -0.219 e. The van der Waals surface area contributed by atoms with Crippen LogP contribution >= 0.6 is 15.9 Å². The van der Waals surface area contributed by atoms with E-state index in [1.807, 2.05) is 30.3 Å². The first-order valence-electron chi connectivity index (χ1n) is 6.87. The molecule has 1 aliphatic rings. The molecule has 0 heterocycles. The van der Waals surface area contributed by atoms with Crippen molar-refractivity contribution in [2.24, 2.45) is 0 Å². The van der Waals surface area contributed by atoms with E-state index in [1.54, 1.807) is 24.3 Å². The van der Waals surface area contributed by atoms with Gasteiger partial charge in [-0.3, -0.25) is 0 Å². The van der Waals surface area contributed by atoms with Crippen LogP contribution in [0.3, 0.4) is 0 Å². The summed E-state index contributed by atoms with van der Waals surface area (Å²) in [6.07, 6.45) is 2.35. The van der Waals surface area contributed by atoms with Gasteiger partial charge in [-0.15, -0.1) is 0 Å². The van der Waals surface area contributed by atoms with Crippen LogP contribution in [0.25, 0.3) is 5.57 Å². The van der Waals surface area contributed by atoms with Gasteiger partial charge in [0.25, 0.3) is 0 Å². The SMILES string of the molecule is O=S(=O)(C1=C(c2ccccc2)CCC1)c1ccc(Br)cc1. The lowest BCUT2D eigenvalue weighted by atomic mass is 10.1. The fourth-order valence-corrected chi connectivity index (χ4v) is 4.71. The molecule has 0 spiro atoms. The van der Waals surface area contributed by atoms with Crippen molar-refractivity contribution in [1.29, 1.82) is 0 Å². The summed E-state index contributed by atoms with van der Waals surface area (Å²) in [5.41, 5.74) is 1.99. The fraction of sp³-hybridized carbons (Fsp3) is 0.176. The monoisotopic (exact) mass is 362 g/mol. The van der Waals surface area contributed by atoms with E-state index in [9.17, 15) is 8.42 Å². The summed E-state index contributed by atoms with van der Waals surface area (Å²) >= 11 is 3.34. The summed E-state index contributed by atoms with van der Waals surface area (Å²) in [5, 5.41) is 0. The molecule has 0 amide bonds. The van der Waals surface area contributed by atoms with E-state index in [0.717, 1.165) is 28.5 Å². The second-order valence-corrected chi connectivity index (χ2v) is 7.97. The van der Waals surface area contributed by atoms with Crippen LogP contribution in [-0.4, -0.2) is 8.42 Å². The van der Waals surface area contributed by atoms with Gasteiger partial charge in [-0.1, -0.05) is 46.3 Å². The highest BCUT2D eigenvalue weighted by Gasteiger charge is 2.28. The molecular weight excluding hydrogens is 348 g/mol. The molecule has 3 rings (SSSR count). The fourth-order valence-electron chi connectivity index (χ4n) is 2.71. The Morgan fingerprint density at radius 3 is 2.19 bits per heavy atom. The third-order valence-corrected chi connectivity index (χ3v) is 6.26. The Hall–Kier alpha value is -1.39. The van der Waals surface area contributed by atoms with Crippen molar-refractivity contribution in [3.05, 3.63) is 69.5 Å². The van der Waals surface area contributed by atoms with E-state index < -0.39 is 9.84 Å². The molecule has 2 aromatic rings. The van der Waals surface area contributed by atoms with Crippen molar-refractivity contribution in [1.82, 2.24) is 0 Å². The lowest BCUT2D eigenvalue weighted by Gasteiger charge is -2.09. The third-order valence-electron chi connectivity index (χ3n) is 3.74. The Labute approximate surface area is 133 Å². The molecule has 0 aliphatic heterocycles. The lowest BCUT2D eigenvalue weighted by Crippen LogP contribution is -2.04. The zero-order valence-corrected chi connectivity index (χ0v) is 13.8. The topological polar surface area (TPSA) is 34.1 Å². The number of sulfone groups is 1. The Bertz CT molecular complexity index is 775. The summed E-state index contributed by atoms with van der Waals surface area (Å²) in [4.78, 5) is 0.951. The molecule has 0 radical (unpaired) electrons. The molecule has 0 bridgehead atoms. The van der Waals surface area contributed by atoms with Gasteiger partial charge >= 0.3 is 0 Å². The van der Waals surface area contributed by atoms with Crippen molar-refractivity contribution in [3.63, 3.8) is 0 Å². The van der Waals surface area contributed by atoms with Crippen LogP contribution in [0.15, 0.2) is 68.9 Å². The smallest absolute Gasteiger partial charge is 0.203 e. The maximum absolute atomic E-state index is 12.9. The molecule has 0 unspecified atom stereocenters. The number of hydrogen-bond donors (Lipinski definition) is 0. The average molecular weight is 363 g/mol. The van der Waals surface area contributed by atoms with Crippen LogP contribution in [0, 0.1) is 0 Å². The van der Waals surface area contributed by atoms with Crippen molar-refractivity contribution in [2.45, 2.75) is 24.2 Å². The van der Waals surface area contributed by atoms with Crippen molar-refractivity contribution >= 4 is 31.3 Å². The zero-order chi connectivity index (χ0) is 14.9. The number of allylic oxidation sites excluding steroid dienone is 2. The highest BCUT2D eigenvalue weighted by Crippen LogP contribution is 2.39. The largest absolute Gasteiger partial charge is 0.219 e. The van der Waals surface area contributed by atoms with Gasteiger partial charge in [0.05, 0.1) is 9.80 Å². The quantitative estimate of drug-likeness (QED) is 0.784. The normalized spacial score (nSPS) is 15.5. The first kappa shape index (κ1) is 14.5. The van der Waals surface area contributed by atoms with Crippen LogP contribution in [0.2, 0.25) is 0 Å². The molecular formula is C17H15BrO2S. The van der Waals surface area contributed by atoms with Crippen molar-refractivity contribution in [3.8, 4) is 0 Å². The second-order valence-electron chi connectivity index (χ2n) is 5.08. The second kappa shape index (κ2) is 5.78. The van der Waals surface area contributed by atoms with Crippen LogP contribution in [0.1, 0.15) is 24.8 Å². The molecule has 4 heteroatoms. The highest BCUT2D eigenvalue weighted by molar-refractivity contribution is 9.10. The molecule has 0 aromatic heterocycles. The van der Waals surface area contributed by atoms with Gasteiger partial charge in [0.1, 0.15) is 0 Å². The van der Waals surface area contributed by atoms with Crippen molar-refractivity contribution in [2.75, 3.05) is 0 Å². The molecule has 1 aliphatic carbocycles. The number of rotatable bonds is 3. The van der Waals surface area contributed by atoms with Crippen LogP contribution in [0.4, 0.5) is 0 Å². The van der Waals surface area contributed by atoms with E-state index in [0.29, 0.717) is 16.2 Å².